The Kier molecular flexibility index (Phi) is 5.08. The lowest BCUT2D eigenvalue weighted by Crippen LogP contribution is -2.43. The highest BCUT2D eigenvalue weighted by atomic mass is 16.6. The van der Waals surface area contributed by atoms with Crippen LogP contribution < -0.4 is 0 Å². The van der Waals surface area contributed by atoms with Gasteiger partial charge in [0.15, 0.2) is 0 Å². The number of hydrogen-bond acceptors (Lipinski definition) is 4. The highest BCUT2D eigenvalue weighted by Crippen LogP contribution is 2.29. The third-order valence-electron chi connectivity index (χ3n) is 5.19. The lowest BCUT2D eigenvalue weighted by Gasteiger charge is -2.25. The van der Waals surface area contributed by atoms with Gasteiger partial charge in [0.2, 0.25) is 5.91 Å². The van der Waals surface area contributed by atoms with Gasteiger partial charge in [0.1, 0.15) is 6.61 Å². The van der Waals surface area contributed by atoms with Gasteiger partial charge in [0.05, 0.1) is 18.6 Å². The molecule has 1 aliphatic rings. The van der Waals surface area contributed by atoms with Crippen molar-refractivity contribution < 1.29 is 19.4 Å². The molecule has 0 saturated carbocycles. The number of aliphatic hydroxyl groups excluding tert-OH is 1. The van der Waals surface area contributed by atoms with Crippen molar-refractivity contribution in [3.8, 4) is 0 Å². The normalized spacial score (nSPS) is 17.5. The van der Waals surface area contributed by atoms with Crippen molar-refractivity contribution in [1.82, 2.24) is 4.90 Å². The predicted molar refractivity (Wildman–Crippen MR) is 106 cm³/mol. The van der Waals surface area contributed by atoms with Crippen molar-refractivity contribution in [3.63, 3.8) is 0 Å². The van der Waals surface area contributed by atoms with Crippen LogP contribution in [0.4, 0.5) is 4.79 Å². The summed E-state index contributed by atoms with van der Waals surface area (Å²) in [4.78, 5) is 26.8. The predicted octanol–water partition coefficient (Wildman–Crippen LogP) is 3.51. The Bertz CT molecular complexity index is 996. The fourth-order valence-corrected chi connectivity index (χ4v) is 3.80. The van der Waals surface area contributed by atoms with Gasteiger partial charge in [-0.1, -0.05) is 72.8 Å². The zero-order chi connectivity index (χ0) is 19.5. The number of nitrogens with zero attached hydrogens (tertiary/aromatic N) is 1. The number of amides is 2. The van der Waals surface area contributed by atoms with Crippen LogP contribution in [0.2, 0.25) is 0 Å². The van der Waals surface area contributed by atoms with Crippen molar-refractivity contribution >= 4 is 22.8 Å². The monoisotopic (exact) mass is 375 g/mol. The minimum absolute atomic E-state index is 0.160. The molecule has 3 aromatic carbocycles. The van der Waals surface area contributed by atoms with Crippen LogP contribution >= 0.6 is 0 Å². The minimum Gasteiger partial charge on any atom is -0.447 e. The number of ether oxygens (including phenoxy) is 1. The van der Waals surface area contributed by atoms with Gasteiger partial charge in [-0.05, 0) is 28.3 Å². The summed E-state index contributed by atoms with van der Waals surface area (Å²) < 4.78 is 5.17. The van der Waals surface area contributed by atoms with Gasteiger partial charge in [0, 0.05) is 0 Å². The highest BCUT2D eigenvalue weighted by Gasteiger charge is 2.41. The summed E-state index contributed by atoms with van der Waals surface area (Å²) in [5.41, 5.74) is 1.73. The quantitative estimate of drug-likeness (QED) is 0.741. The molecule has 4 rings (SSSR count). The average Bonchev–Trinajstić information content (AvgIpc) is 3.09. The molecule has 142 valence electrons. The van der Waals surface area contributed by atoms with Gasteiger partial charge >= 0.3 is 6.09 Å². The molecule has 2 amide bonds. The summed E-state index contributed by atoms with van der Waals surface area (Å²) in [6.07, 6.45) is -0.129. The van der Waals surface area contributed by atoms with Crippen LogP contribution in [0.15, 0.2) is 72.8 Å². The largest absolute Gasteiger partial charge is 0.447 e. The van der Waals surface area contributed by atoms with Gasteiger partial charge in [-0.25, -0.2) is 9.69 Å². The lowest BCUT2D eigenvalue weighted by atomic mass is 9.92. The number of carbonyl (C=O) groups is 2. The van der Waals surface area contributed by atoms with Crippen LogP contribution in [0.5, 0.6) is 0 Å². The Morgan fingerprint density at radius 3 is 2.54 bits per heavy atom. The van der Waals surface area contributed by atoms with Crippen LogP contribution in [-0.2, 0) is 16.0 Å². The van der Waals surface area contributed by atoms with Gasteiger partial charge in [0.25, 0.3) is 0 Å². The average molecular weight is 375 g/mol. The second kappa shape index (κ2) is 7.82. The van der Waals surface area contributed by atoms with Gasteiger partial charge < -0.3 is 9.84 Å². The highest BCUT2D eigenvalue weighted by molar-refractivity contribution is 6.00. The van der Waals surface area contributed by atoms with E-state index >= 15 is 0 Å². The van der Waals surface area contributed by atoms with Crippen LogP contribution in [0.1, 0.15) is 17.0 Å². The molecular formula is C23H21NO4. The summed E-state index contributed by atoms with van der Waals surface area (Å²) >= 11 is 0. The van der Waals surface area contributed by atoms with E-state index in [4.69, 9.17) is 4.74 Å². The van der Waals surface area contributed by atoms with Gasteiger partial charge in [-0.3, -0.25) is 4.79 Å². The Morgan fingerprint density at radius 2 is 1.75 bits per heavy atom. The second-order valence-electron chi connectivity index (χ2n) is 6.93. The van der Waals surface area contributed by atoms with Crippen LogP contribution in [0.3, 0.4) is 0 Å². The Balaban J connectivity index is 1.66. The summed E-state index contributed by atoms with van der Waals surface area (Å²) in [7, 11) is 0. The number of benzene rings is 3. The van der Waals surface area contributed by atoms with Crippen molar-refractivity contribution in [2.45, 2.75) is 18.4 Å². The fraction of sp³-hybridized carbons (Fsp3) is 0.217. The molecule has 2 atom stereocenters. The van der Waals surface area contributed by atoms with Crippen LogP contribution in [-0.4, -0.2) is 41.3 Å². The minimum atomic E-state index is -0.824. The van der Waals surface area contributed by atoms with E-state index in [1.807, 2.05) is 72.8 Å². The molecule has 1 saturated heterocycles. The van der Waals surface area contributed by atoms with Crippen molar-refractivity contribution in [2.24, 2.45) is 0 Å². The molecule has 28 heavy (non-hydrogen) atoms. The van der Waals surface area contributed by atoms with E-state index in [9.17, 15) is 14.7 Å². The van der Waals surface area contributed by atoms with E-state index < -0.39 is 17.9 Å². The zero-order valence-electron chi connectivity index (χ0n) is 15.3. The van der Waals surface area contributed by atoms with E-state index in [1.54, 1.807) is 0 Å². The topological polar surface area (TPSA) is 66.8 Å². The van der Waals surface area contributed by atoms with E-state index in [2.05, 4.69) is 0 Å². The number of imide groups is 1. The molecule has 3 aromatic rings. The van der Waals surface area contributed by atoms with E-state index in [1.165, 1.54) is 4.90 Å². The Labute approximate surface area is 163 Å². The second-order valence-corrected chi connectivity index (χ2v) is 6.93. The van der Waals surface area contributed by atoms with E-state index in [0.717, 1.165) is 16.3 Å². The maximum absolute atomic E-state index is 13.3. The molecule has 5 nitrogen and oxygen atoms in total. The third kappa shape index (κ3) is 3.37. The first-order valence-electron chi connectivity index (χ1n) is 9.31. The first-order chi connectivity index (χ1) is 13.7. The van der Waals surface area contributed by atoms with E-state index in [-0.39, 0.29) is 19.3 Å². The smallest absolute Gasteiger partial charge is 0.417 e. The number of aliphatic hydroxyl groups is 1. The number of rotatable bonds is 5. The maximum atomic E-state index is 13.3. The zero-order valence-corrected chi connectivity index (χ0v) is 15.3. The molecule has 1 aliphatic heterocycles. The SMILES string of the molecule is O=C1OC[C@H](Cc2ccccc2)N1C(=O)[C@@H](CO)c1cccc2ccccc12. The van der Waals surface area contributed by atoms with Crippen LogP contribution in [0, 0.1) is 0 Å². The number of cyclic esters (lactones) is 1. The maximum Gasteiger partial charge on any atom is 0.417 e. The molecular weight excluding hydrogens is 354 g/mol. The number of hydrogen-bond donors (Lipinski definition) is 1. The van der Waals surface area contributed by atoms with Crippen molar-refractivity contribution in [1.29, 1.82) is 0 Å². The van der Waals surface area contributed by atoms with Crippen molar-refractivity contribution in [2.75, 3.05) is 13.2 Å². The molecule has 0 radical (unpaired) electrons. The summed E-state index contributed by atoms with van der Waals surface area (Å²) in [6, 6.07) is 22.6. The Hall–Kier alpha value is -3.18. The molecule has 1 heterocycles. The lowest BCUT2D eigenvalue weighted by molar-refractivity contribution is -0.131. The molecule has 5 heteroatoms. The fourth-order valence-electron chi connectivity index (χ4n) is 3.80. The molecule has 0 aromatic heterocycles. The first kappa shape index (κ1) is 18.2. The molecule has 1 N–H and O–H groups in total. The molecule has 0 bridgehead atoms. The molecule has 0 unspecified atom stereocenters. The number of carbonyl (C=O) groups excluding carboxylic acids is 2. The van der Waals surface area contributed by atoms with Gasteiger partial charge in [-0.15, -0.1) is 0 Å². The molecule has 0 spiro atoms. The summed E-state index contributed by atoms with van der Waals surface area (Å²) in [5, 5.41) is 11.9. The van der Waals surface area contributed by atoms with E-state index in [0.29, 0.717) is 12.0 Å². The standard InChI is InChI=1S/C23H21NO4/c25-14-21(20-12-6-10-17-9-4-5-11-19(17)20)22(26)24-18(15-28-23(24)27)13-16-7-2-1-3-8-16/h1-12,18,21,25H,13-15H2/t18-,21-/m0/s1. The summed E-state index contributed by atoms with van der Waals surface area (Å²) in [6.45, 7) is -0.220. The third-order valence-corrected chi connectivity index (χ3v) is 5.19. The molecule has 0 aliphatic carbocycles. The summed E-state index contributed by atoms with van der Waals surface area (Å²) in [5.74, 6) is -1.25. The Morgan fingerprint density at radius 1 is 1.04 bits per heavy atom. The van der Waals surface area contributed by atoms with Crippen molar-refractivity contribution in [3.05, 3.63) is 83.9 Å². The number of fused-ring (bicyclic) bond motifs is 1. The first-order valence-corrected chi connectivity index (χ1v) is 9.31. The molecule has 1 fully saturated rings. The van der Waals surface area contributed by atoms with Gasteiger partial charge in [-0.2, -0.15) is 0 Å². The van der Waals surface area contributed by atoms with Crippen LogP contribution in [0.25, 0.3) is 10.8 Å².